The molecular formula is C13H18N2O2. The van der Waals surface area contributed by atoms with Gasteiger partial charge in [-0.15, -0.1) is 0 Å². The molecule has 4 heteroatoms. The highest BCUT2D eigenvalue weighted by Crippen LogP contribution is 2.36. The minimum absolute atomic E-state index is 0.0961. The summed E-state index contributed by atoms with van der Waals surface area (Å²) in [5.74, 6) is -0.941. The number of nitrogens with zero attached hydrogens (tertiary/aromatic N) is 1. The predicted octanol–water partition coefficient (Wildman–Crippen LogP) is 2.35. The van der Waals surface area contributed by atoms with E-state index in [1.807, 2.05) is 6.07 Å². The van der Waals surface area contributed by atoms with Gasteiger partial charge in [0, 0.05) is 12.1 Å². The second kappa shape index (κ2) is 3.95. The van der Waals surface area contributed by atoms with Crippen molar-refractivity contribution in [3.63, 3.8) is 0 Å². The van der Waals surface area contributed by atoms with Gasteiger partial charge in [-0.25, -0.2) is 4.79 Å². The number of hydrogen-bond acceptors (Lipinski definition) is 3. The first-order chi connectivity index (χ1) is 7.92. The van der Waals surface area contributed by atoms with Crippen LogP contribution >= 0.6 is 0 Å². The summed E-state index contributed by atoms with van der Waals surface area (Å²) in [7, 11) is 0. The Balaban J connectivity index is 2.37. The summed E-state index contributed by atoms with van der Waals surface area (Å²) in [5, 5.41) is 8.90. The van der Waals surface area contributed by atoms with E-state index in [-0.39, 0.29) is 11.1 Å². The quantitative estimate of drug-likeness (QED) is 0.771. The largest absolute Gasteiger partial charge is 0.478 e. The average molecular weight is 234 g/mol. The third kappa shape index (κ3) is 2.07. The van der Waals surface area contributed by atoms with E-state index >= 15 is 0 Å². The minimum Gasteiger partial charge on any atom is -0.478 e. The molecule has 0 unspecified atom stereocenters. The average Bonchev–Trinajstić information content (AvgIpc) is 2.58. The SMILES string of the molecule is CC1(C)CCCN1c1ccc(C(=O)O)cc1N. The molecule has 0 radical (unpaired) electrons. The van der Waals surface area contributed by atoms with Gasteiger partial charge in [0.1, 0.15) is 0 Å². The molecule has 0 amide bonds. The van der Waals surface area contributed by atoms with Gasteiger partial charge in [-0.2, -0.15) is 0 Å². The summed E-state index contributed by atoms with van der Waals surface area (Å²) in [6.45, 7) is 5.35. The molecular weight excluding hydrogens is 216 g/mol. The summed E-state index contributed by atoms with van der Waals surface area (Å²) in [4.78, 5) is 13.1. The number of carbonyl (C=O) groups is 1. The Bertz CT molecular complexity index is 455. The highest BCUT2D eigenvalue weighted by molar-refractivity contribution is 5.90. The summed E-state index contributed by atoms with van der Waals surface area (Å²) in [6.07, 6.45) is 2.28. The molecule has 1 fully saturated rings. The first kappa shape index (κ1) is 11.8. The van der Waals surface area contributed by atoms with Crippen molar-refractivity contribution in [2.45, 2.75) is 32.2 Å². The van der Waals surface area contributed by atoms with Crippen molar-refractivity contribution in [1.82, 2.24) is 0 Å². The molecule has 0 saturated carbocycles. The second-order valence-corrected chi connectivity index (χ2v) is 5.15. The molecule has 1 aromatic rings. The number of nitrogens with two attached hydrogens (primary N) is 1. The number of hydrogen-bond donors (Lipinski definition) is 2. The van der Waals surface area contributed by atoms with Crippen molar-refractivity contribution in [3.05, 3.63) is 23.8 Å². The van der Waals surface area contributed by atoms with Crippen molar-refractivity contribution in [2.75, 3.05) is 17.2 Å². The highest BCUT2D eigenvalue weighted by Gasteiger charge is 2.32. The number of carboxylic acids is 1. The van der Waals surface area contributed by atoms with Crippen LogP contribution in [0.15, 0.2) is 18.2 Å². The first-order valence-corrected chi connectivity index (χ1v) is 5.82. The highest BCUT2D eigenvalue weighted by atomic mass is 16.4. The number of rotatable bonds is 2. The van der Waals surface area contributed by atoms with E-state index in [1.165, 1.54) is 6.07 Å². The van der Waals surface area contributed by atoms with Gasteiger partial charge in [0.2, 0.25) is 0 Å². The van der Waals surface area contributed by atoms with Crippen LogP contribution in [0.3, 0.4) is 0 Å². The summed E-state index contributed by atoms with van der Waals surface area (Å²) >= 11 is 0. The minimum atomic E-state index is -0.941. The Morgan fingerprint density at radius 1 is 1.47 bits per heavy atom. The maximum Gasteiger partial charge on any atom is 0.335 e. The van der Waals surface area contributed by atoms with Gasteiger partial charge in [0.15, 0.2) is 0 Å². The number of benzene rings is 1. The second-order valence-electron chi connectivity index (χ2n) is 5.15. The predicted molar refractivity (Wildman–Crippen MR) is 68.5 cm³/mol. The number of nitrogen functional groups attached to an aromatic ring is 1. The van der Waals surface area contributed by atoms with E-state index in [1.54, 1.807) is 6.07 Å². The molecule has 0 aliphatic carbocycles. The van der Waals surface area contributed by atoms with E-state index in [0.29, 0.717) is 5.69 Å². The number of aromatic carboxylic acids is 1. The van der Waals surface area contributed by atoms with Gasteiger partial charge in [-0.1, -0.05) is 0 Å². The smallest absolute Gasteiger partial charge is 0.335 e. The third-order valence-corrected chi connectivity index (χ3v) is 3.47. The zero-order valence-corrected chi connectivity index (χ0v) is 10.2. The fourth-order valence-electron chi connectivity index (χ4n) is 2.49. The molecule has 1 aliphatic rings. The molecule has 17 heavy (non-hydrogen) atoms. The molecule has 0 spiro atoms. The van der Waals surface area contributed by atoms with Gasteiger partial charge >= 0.3 is 5.97 Å². The van der Waals surface area contributed by atoms with Crippen molar-refractivity contribution >= 4 is 17.3 Å². The molecule has 0 bridgehead atoms. The topological polar surface area (TPSA) is 66.6 Å². The van der Waals surface area contributed by atoms with Gasteiger partial charge in [0.25, 0.3) is 0 Å². The summed E-state index contributed by atoms with van der Waals surface area (Å²) < 4.78 is 0. The lowest BCUT2D eigenvalue weighted by molar-refractivity contribution is 0.0697. The lowest BCUT2D eigenvalue weighted by atomic mass is 10.0. The summed E-state index contributed by atoms with van der Waals surface area (Å²) in [6, 6.07) is 4.96. The standard InChI is InChI=1S/C13H18N2O2/c1-13(2)6-3-7-15(13)11-5-4-9(12(16)17)8-10(11)14/h4-5,8H,3,6-7,14H2,1-2H3,(H,16,17). The molecule has 3 N–H and O–H groups in total. The lowest BCUT2D eigenvalue weighted by Gasteiger charge is -2.34. The van der Waals surface area contributed by atoms with Crippen molar-refractivity contribution in [2.24, 2.45) is 0 Å². The van der Waals surface area contributed by atoms with E-state index in [0.717, 1.165) is 25.1 Å². The Morgan fingerprint density at radius 3 is 2.65 bits per heavy atom. The third-order valence-electron chi connectivity index (χ3n) is 3.47. The van der Waals surface area contributed by atoms with E-state index < -0.39 is 5.97 Å². The maximum atomic E-state index is 10.8. The first-order valence-electron chi connectivity index (χ1n) is 5.82. The van der Waals surface area contributed by atoms with E-state index in [4.69, 9.17) is 10.8 Å². The van der Waals surface area contributed by atoms with E-state index in [9.17, 15) is 4.79 Å². The molecule has 1 aromatic carbocycles. The van der Waals surface area contributed by atoms with Gasteiger partial charge in [-0.3, -0.25) is 0 Å². The van der Waals surface area contributed by atoms with Crippen LogP contribution in [0.4, 0.5) is 11.4 Å². The van der Waals surface area contributed by atoms with Crippen LogP contribution in [-0.4, -0.2) is 23.2 Å². The Morgan fingerprint density at radius 2 is 2.18 bits per heavy atom. The Labute approximate surface area is 101 Å². The van der Waals surface area contributed by atoms with Gasteiger partial charge in [0.05, 0.1) is 16.9 Å². The Hall–Kier alpha value is -1.71. The fraction of sp³-hybridized carbons (Fsp3) is 0.462. The van der Waals surface area contributed by atoms with Crippen LogP contribution in [0.5, 0.6) is 0 Å². The molecule has 0 atom stereocenters. The molecule has 4 nitrogen and oxygen atoms in total. The summed E-state index contributed by atoms with van der Waals surface area (Å²) in [5.41, 5.74) is 7.77. The van der Waals surface area contributed by atoms with Crippen LogP contribution in [-0.2, 0) is 0 Å². The van der Waals surface area contributed by atoms with Crippen LogP contribution < -0.4 is 10.6 Å². The Kier molecular flexibility index (Phi) is 2.73. The normalized spacial score (nSPS) is 18.4. The monoisotopic (exact) mass is 234 g/mol. The van der Waals surface area contributed by atoms with Crippen molar-refractivity contribution in [1.29, 1.82) is 0 Å². The molecule has 92 valence electrons. The zero-order chi connectivity index (χ0) is 12.6. The van der Waals surface area contributed by atoms with Gasteiger partial charge < -0.3 is 15.7 Å². The zero-order valence-electron chi connectivity index (χ0n) is 10.2. The van der Waals surface area contributed by atoms with E-state index in [2.05, 4.69) is 18.7 Å². The molecule has 1 heterocycles. The fourth-order valence-corrected chi connectivity index (χ4v) is 2.49. The molecule has 0 aromatic heterocycles. The van der Waals surface area contributed by atoms with Crippen LogP contribution in [0, 0.1) is 0 Å². The number of carboxylic acid groups (broad SMARTS) is 1. The van der Waals surface area contributed by atoms with Gasteiger partial charge in [-0.05, 0) is 44.9 Å². The van der Waals surface area contributed by atoms with Crippen molar-refractivity contribution in [3.8, 4) is 0 Å². The van der Waals surface area contributed by atoms with Crippen LogP contribution in [0.2, 0.25) is 0 Å². The van der Waals surface area contributed by atoms with Crippen LogP contribution in [0.25, 0.3) is 0 Å². The number of anilines is 2. The van der Waals surface area contributed by atoms with Crippen LogP contribution in [0.1, 0.15) is 37.0 Å². The lowest BCUT2D eigenvalue weighted by Crippen LogP contribution is -2.38. The molecule has 1 aliphatic heterocycles. The maximum absolute atomic E-state index is 10.8. The molecule has 1 saturated heterocycles. The molecule has 2 rings (SSSR count). The van der Waals surface area contributed by atoms with Crippen molar-refractivity contribution < 1.29 is 9.90 Å².